The summed E-state index contributed by atoms with van der Waals surface area (Å²) < 4.78 is 13.1. The quantitative estimate of drug-likeness (QED) is 0.752. The van der Waals surface area contributed by atoms with Crippen molar-refractivity contribution in [3.63, 3.8) is 0 Å². The molecule has 0 saturated heterocycles. The van der Waals surface area contributed by atoms with Crippen LogP contribution in [0.4, 0.5) is 10.1 Å². The van der Waals surface area contributed by atoms with Crippen LogP contribution in [0.15, 0.2) is 30.3 Å². The van der Waals surface area contributed by atoms with Crippen LogP contribution in [0.2, 0.25) is 0 Å². The van der Waals surface area contributed by atoms with Gasteiger partial charge in [0.15, 0.2) is 5.78 Å². The van der Waals surface area contributed by atoms with E-state index in [-0.39, 0.29) is 31.1 Å². The Labute approximate surface area is 155 Å². The van der Waals surface area contributed by atoms with Crippen molar-refractivity contribution in [2.24, 2.45) is 0 Å². The number of thiophene rings is 1. The predicted octanol–water partition coefficient (Wildman–Crippen LogP) is 3.56. The fourth-order valence-electron chi connectivity index (χ4n) is 2.52. The minimum atomic E-state index is -0.454. The van der Waals surface area contributed by atoms with Gasteiger partial charge in [-0.15, -0.1) is 11.3 Å². The standard InChI is InChI=1S/C19H21FN2O3S/c1-12-9-16(13(2)26-12)17(23)7-8-19(25)22(3)11-18(24)21-15-6-4-5-14(20)10-15/h4-6,9-10H,7-8,11H2,1-3H3,(H,21,24). The summed E-state index contributed by atoms with van der Waals surface area (Å²) >= 11 is 1.55. The summed E-state index contributed by atoms with van der Waals surface area (Å²) in [5.41, 5.74) is 0.987. The van der Waals surface area contributed by atoms with Gasteiger partial charge in [-0.05, 0) is 38.1 Å². The third-order valence-corrected chi connectivity index (χ3v) is 4.79. The summed E-state index contributed by atoms with van der Waals surface area (Å²) in [7, 11) is 1.50. The molecule has 0 spiro atoms. The molecular weight excluding hydrogens is 355 g/mol. The lowest BCUT2D eigenvalue weighted by Crippen LogP contribution is -2.35. The Morgan fingerprint density at radius 2 is 1.88 bits per heavy atom. The van der Waals surface area contributed by atoms with Crippen LogP contribution in [0, 0.1) is 19.7 Å². The Hall–Kier alpha value is -2.54. The van der Waals surface area contributed by atoms with Gasteiger partial charge in [0.2, 0.25) is 11.8 Å². The van der Waals surface area contributed by atoms with Crippen molar-refractivity contribution in [2.75, 3.05) is 18.9 Å². The van der Waals surface area contributed by atoms with Gasteiger partial charge in [-0.1, -0.05) is 6.07 Å². The first-order valence-corrected chi connectivity index (χ1v) is 8.97. The highest BCUT2D eigenvalue weighted by Gasteiger charge is 2.17. The first kappa shape index (κ1) is 19.8. The second-order valence-electron chi connectivity index (χ2n) is 6.06. The van der Waals surface area contributed by atoms with Crippen molar-refractivity contribution in [2.45, 2.75) is 26.7 Å². The Kier molecular flexibility index (Phi) is 6.63. The molecule has 0 aliphatic heterocycles. The zero-order valence-corrected chi connectivity index (χ0v) is 15.8. The highest BCUT2D eigenvalue weighted by Crippen LogP contribution is 2.22. The molecule has 1 N–H and O–H groups in total. The lowest BCUT2D eigenvalue weighted by molar-refractivity contribution is -0.133. The molecule has 1 aromatic carbocycles. The average molecular weight is 376 g/mol. The topological polar surface area (TPSA) is 66.5 Å². The maximum atomic E-state index is 13.1. The van der Waals surface area contributed by atoms with Crippen molar-refractivity contribution < 1.29 is 18.8 Å². The summed E-state index contributed by atoms with van der Waals surface area (Å²) in [6.07, 6.45) is 0.141. The number of nitrogens with zero attached hydrogens (tertiary/aromatic N) is 1. The van der Waals surface area contributed by atoms with E-state index in [1.165, 1.54) is 30.1 Å². The molecule has 2 amide bonds. The number of anilines is 1. The zero-order valence-electron chi connectivity index (χ0n) is 15.0. The maximum Gasteiger partial charge on any atom is 0.243 e. The highest BCUT2D eigenvalue weighted by atomic mass is 32.1. The van der Waals surface area contributed by atoms with Crippen molar-refractivity contribution in [3.8, 4) is 0 Å². The van der Waals surface area contributed by atoms with Gasteiger partial charge in [0.25, 0.3) is 0 Å². The lowest BCUT2D eigenvalue weighted by Gasteiger charge is -2.16. The number of benzene rings is 1. The molecule has 5 nitrogen and oxygen atoms in total. The molecule has 0 fully saturated rings. The third-order valence-electron chi connectivity index (χ3n) is 3.82. The normalized spacial score (nSPS) is 10.5. The van der Waals surface area contributed by atoms with E-state index in [9.17, 15) is 18.8 Å². The van der Waals surface area contributed by atoms with Crippen molar-refractivity contribution in [1.29, 1.82) is 0 Å². The first-order chi connectivity index (χ1) is 12.3. The van der Waals surface area contributed by atoms with Crippen LogP contribution in [-0.2, 0) is 9.59 Å². The van der Waals surface area contributed by atoms with Crippen molar-refractivity contribution >= 4 is 34.6 Å². The first-order valence-electron chi connectivity index (χ1n) is 8.16. The van der Waals surface area contributed by atoms with Crippen LogP contribution in [0.1, 0.15) is 33.0 Å². The largest absolute Gasteiger partial charge is 0.336 e. The van der Waals surface area contributed by atoms with E-state index in [2.05, 4.69) is 5.32 Å². The third kappa shape index (κ3) is 5.49. The number of hydrogen-bond acceptors (Lipinski definition) is 4. The van der Waals surface area contributed by atoms with Crippen molar-refractivity contribution in [1.82, 2.24) is 4.90 Å². The molecule has 1 aromatic heterocycles. The molecule has 0 bridgehead atoms. The number of carbonyl (C=O) groups is 3. The van der Waals surface area contributed by atoms with Crippen LogP contribution < -0.4 is 5.32 Å². The lowest BCUT2D eigenvalue weighted by atomic mass is 10.1. The highest BCUT2D eigenvalue weighted by molar-refractivity contribution is 7.12. The summed E-state index contributed by atoms with van der Waals surface area (Å²) in [6.45, 7) is 3.65. The van der Waals surface area contributed by atoms with Crippen LogP contribution >= 0.6 is 11.3 Å². The molecule has 1 heterocycles. The number of halogens is 1. The molecular formula is C19H21FN2O3S. The summed E-state index contributed by atoms with van der Waals surface area (Å²) in [4.78, 5) is 39.6. The van der Waals surface area contributed by atoms with Crippen LogP contribution in [0.5, 0.6) is 0 Å². The Bertz CT molecular complexity index is 832. The van der Waals surface area contributed by atoms with Gasteiger partial charge < -0.3 is 10.2 Å². The maximum absolute atomic E-state index is 13.1. The van der Waals surface area contributed by atoms with Crippen LogP contribution in [0.3, 0.4) is 0 Å². The van der Waals surface area contributed by atoms with E-state index >= 15 is 0 Å². The number of Topliss-reactive ketones (excluding diaryl/α,β-unsaturated/α-hetero) is 1. The molecule has 0 unspecified atom stereocenters. The minimum Gasteiger partial charge on any atom is -0.336 e. The molecule has 26 heavy (non-hydrogen) atoms. The number of hydrogen-bond donors (Lipinski definition) is 1. The molecule has 0 aliphatic rings. The van der Waals surface area contributed by atoms with Crippen LogP contribution in [0.25, 0.3) is 0 Å². The zero-order chi connectivity index (χ0) is 19.3. The molecule has 0 atom stereocenters. The fourth-order valence-corrected chi connectivity index (χ4v) is 3.47. The minimum absolute atomic E-state index is 0.0386. The van der Waals surface area contributed by atoms with Gasteiger partial charge in [0.1, 0.15) is 5.82 Å². The van der Waals surface area contributed by atoms with Gasteiger partial charge >= 0.3 is 0 Å². The number of carbonyl (C=O) groups excluding carboxylic acids is 3. The van der Waals surface area contributed by atoms with E-state index in [0.717, 1.165) is 9.75 Å². The molecule has 7 heteroatoms. The SMILES string of the molecule is Cc1cc(C(=O)CCC(=O)N(C)CC(=O)Nc2cccc(F)c2)c(C)s1. The fraction of sp³-hybridized carbons (Fsp3) is 0.316. The van der Waals surface area contributed by atoms with Crippen molar-refractivity contribution in [3.05, 3.63) is 51.5 Å². The van der Waals surface area contributed by atoms with E-state index in [0.29, 0.717) is 11.3 Å². The summed E-state index contributed by atoms with van der Waals surface area (Å²) in [5.74, 6) is -1.25. The Morgan fingerprint density at radius 3 is 2.50 bits per heavy atom. The molecule has 138 valence electrons. The van der Waals surface area contributed by atoms with Gasteiger partial charge in [0, 0.05) is 40.9 Å². The number of amides is 2. The monoisotopic (exact) mass is 376 g/mol. The van der Waals surface area contributed by atoms with E-state index in [1.54, 1.807) is 17.4 Å². The molecule has 0 radical (unpaired) electrons. The Morgan fingerprint density at radius 1 is 1.15 bits per heavy atom. The Balaban J connectivity index is 1.82. The second kappa shape index (κ2) is 8.71. The second-order valence-corrected chi connectivity index (χ2v) is 7.52. The van der Waals surface area contributed by atoms with Crippen LogP contribution in [-0.4, -0.2) is 36.1 Å². The molecule has 0 aliphatic carbocycles. The predicted molar refractivity (Wildman–Crippen MR) is 100 cm³/mol. The van der Waals surface area contributed by atoms with Gasteiger partial charge in [-0.3, -0.25) is 14.4 Å². The number of likely N-dealkylation sites (N-methyl/N-ethyl adjacent to an activating group) is 1. The average Bonchev–Trinajstić information content (AvgIpc) is 2.90. The van der Waals surface area contributed by atoms with Gasteiger partial charge in [0.05, 0.1) is 6.54 Å². The summed E-state index contributed by atoms with van der Waals surface area (Å²) in [6, 6.07) is 7.36. The molecule has 0 saturated carbocycles. The van der Waals surface area contributed by atoms with Gasteiger partial charge in [-0.2, -0.15) is 0 Å². The smallest absolute Gasteiger partial charge is 0.243 e. The molecule has 2 rings (SSSR count). The number of ketones is 1. The van der Waals surface area contributed by atoms with E-state index < -0.39 is 11.7 Å². The van der Waals surface area contributed by atoms with E-state index in [4.69, 9.17) is 0 Å². The number of rotatable bonds is 7. The summed E-state index contributed by atoms with van der Waals surface area (Å²) in [5, 5.41) is 2.53. The number of nitrogens with one attached hydrogen (secondary N) is 1. The van der Waals surface area contributed by atoms with Gasteiger partial charge in [-0.25, -0.2) is 4.39 Å². The number of aryl methyl sites for hydroxylation is 2. The molecule has 2 aromatic rings. The van der Waals surface area contributed by atoms with E-state index in [1.807, 2.05) is 19.9 Å².